The third kappa shape index (κ3) is 6.02. The Morgan fingerprint density at radius 3 is 2.10 bits per heavy atom. The van der Waals surface area contributed by atoms with Crippen molar-refractivity contribution in [1.82, 2.24) is 5.32 Å². The first-order valence-electron chi connectivity index (χ1n) is 12.7. The highest BCUT2D eigenvalue weighted by molar-refractivity contribution is 5.76. The molecule has 3 rings (SSSR count). The van der Waals surface area contributed by atoms with Crippen LogP contribution in [0.2, 0.25) is 0 Å². The number of carbonyl (C=O) groups excluding carboxylic acids is 1. The Labute approximate surface area is 229 Å². The number of nitrogens with one attached hydrogen (secondary N) is 1. The van der Waals surface area contributed by atoms with E-state index in [9.17, 15) is 40.5 Å². The van der Waals surface area contributed by atoms with Crippen molar-refractivity contribution in [3.05, 3.63) is 0 Å². The molecule has 15 atom stereocenters. The van der Waals surface area contributed by atoms with Gasteiger partial charge >= 0.3 is 0 Å². The molecule has 16 N–H and O–H groups in total. The van der Waals surface area contributed by atoms with Crippen LogP contribution in [-0.4, -0.2) is 153 Å². The third-order valence-electron chi connectivity index (χ3n) is 7.87. The van der Waals surface area contributed by atoms with Crippen LogP contribution in [0, 0.1) is 5.92 Å². The molecule has 1 heterocycles. The van der Waals surface area contributed by atoms with Crippen molar-refractivity contribution in [3.8, 4) is 0 Å². The van der Waals surface area contributed by atoms with E-state index in [1.165, 1.54) is 14.0 Å². The molecule has 1 saturated heterocycles. The minimum absolute atomic E-state index is 0.00702. The zero-order valence-electron chi connectivity index (χ0n) is 22.0. The van der Waals surface area contributed by atoms with Crippen molar-refractivity contribution >= 4 is 18.2 Å². The molecule has 0 spiro atoms. The van der Waals surface area contributed by atoms with E-state index in [0.29, 0.717) is 0 Å². The first-order chi connectivity index (χ1) is 18.7. The van der Waals surface area contributed by atoms with Gasteiger partial charge in [-0.15, -0.1) is 0 Å². The summed E-state index contributed by atoms with van der Waals surface area (Å²) < 4.78 is 17.7. The predicted octanol–water partition coefficient (Wildman–Crippen LogP) is -7.50. The fourth-order valence-electron chi connectivity index (χ4n) is 5.59. The molecule has 0 aromatic rings. The van der Waals surface area contributed by atoms with E-state index in [1.54, 1.807) is 0 Å². The minimum Gasteiger partial charge on any atom is -0.396 e. The van der Waals surface area contributed by atoms with Gasteiger partial charge in [-0.3, -0.25) is 4.79 Å². The molecule has 2 saturated carbocycles. The maximum Gasteiger partial charge on any atom is 0.188 e. The number of aliphatic hydroxyl groups excluding tert-OH is 6. The number of hydrogen-bond donors (Lipinski definition) is 12. The smallest absolute Gasteiger partial charge is 0.188 e. The number of aliphatic imine (C=N–C) groups is 2. The number of aldehydes is 1. The van der Waals surface area contributed by atoms with Crippen molar-refractivity contribution in [2.75, 3.05) is 13.7 Å². The molecule has 3 fully saturated rings. The van der Waals surface area contributed by atoms with Crippen LogP contribution in [0.15, 0.2) is 9.98 Å². The summed E-state index contributed by atoms with van der Waals surface area (Å²) in [4.78, 5) is 19.8. The second-order valence-corrected chi connectivity index (χ2v) is 10.4. The number of guanidine groups is 2. The summed E-state index contributed by atoms with van der Waals surface area (Å²) in [6, 6.07) is -3.81. The molecule has 18 nitrogen and oxygen atoms in total. The second kappa shape index (κ2) is 12.7. The van der Waals surface area contributed by atoms with E-state index >= 15 is 0 Å². The fraction of sp³-hybridized carbons (Fsp3) is 0.864. The number of nitrogens with two attached hydrogens (primary N) is 4. The van der Waals surface area contributed by atoms with Gasteiger partial charge in [-0.05, 0) is 20.4 Å². The zero-order chi connectivity index (χ0) is 30.1. The largest absolute Gasteiger partial charge is 0.396 e. The molecule has 0 amide bonds. The summed E-state index contributed by atoms with van der Waals surface area (Å²) in [6.45, 7) is 0.883. The molecule has 0 bridgehead atoms. The Morgan fingerprint density at radius 1 is 0.975 bits per heavy atom. The maximum absolute atomic E-state index is 12.1. The van der Waals surface area contributed by atoms with Crippen LogP contribution in [0.5, 0.6) is 0 Å². The summed E-state index contributed by atoms with van der Waals surface area (Å²) in [7, 11) is 1.50. The maximum atomic E-state index is 12.1. The highest BCUT2D eigenvalue weighted by atomic mass is 16.7. The van der Waals surface area contributed by atoms with E-state index in [0.717, 1.165) is 0 Å². The lowest BCUT2D eigenvalue weighted by Gasteiger charge is -2.45. The van der Waals surface area contributed by atoms with Gasteiger partial charge in [0.05, 0.1) is 30.5 Å². The van der Waals surface area contributed by atoms with Crippen molar-refractivity contribution in [1.29, 1.82) is 0 Å². The van der Waals surface area contributed by atoms with Crippen molar-refractivity contribution in [2.24, 2.45) is 38.8 Å². The van der Waals surface area contributed by atoms with Crippen LogP contribution in [0.1, 0.15) is 13.3 Å². The first-order valence-corrected chi connectivity index (χ1v) is 12.7. The van der Waals surface area contributed by atoms with Crippen LogP contribution in [-0.2, 0) is 19.0 Å². The summed E-state index contributed by atoms with van der Waals surface area (Å²) >= 11 is 0. The lowest BCUT2D eigenvalue weighted by atomic mass is 9.79. The van der Waals surface area contributed by atoms with Gasteiger partial charge in [0, 0.05) is 12.5 Å². The lowest BCUT2D eigenvalue weighted by Crippen LogP contribution is -2.65. The molecule has 3 aliphatic rings. The Bertz CT molecular complexity index is 939. The molecule has 1 aliphatic heterocycles. The van der Waals surface area contributed by atoms with Gasteiger partial charge < -0.3 is 78.2 Å². The standard InChI is InChI=1S/C22H41N7O11/c1-6-22(37,5-31)18(39-8-3-7(4-30)12(32)14(34)9(8)27-2)19(38-6)40-17-11(29-21(25)26)13(33)10(28-20(23)24)15(35)16(17)36/h5-19,27,30,32-37H,3-4H2,1-2H3,(H4,23,24,28)(H4,25,26,29)/t6-,7-,8+,9+,10+,11-,12-,13+,14-,15-,16+,17+,18-,19-,22+/m0/s1. The molecule has 0 radical (unpaired) electrons. The van der Waals surface area contributed by atoms with E-state index in [-0.39, 0.29) is 12.7 Å². The number of hydrogen-bond acceptors (Lipinski definition) is 14. The number of likely N-dealkylation sites (N-methyl/N-ethyl adjacent to an activating group) is 1. The highest BCUT2D eigenvalue weighted by Gasteiger charge is 2.60. The SMILES string of the molecule is CN[C@H]1[C@H](O)[C@@H](O)[C@H](CO)C[C@H]1O[C@H]1[C@H](O[C@H]2[C@H](O)[C@@H](O)[C@H](N=C(N)N)[C@@H](O)[C@@H]2N=C(N)N)O[C@@H](C)[C@]1(O)C=O. The Kier molecular flexibility index (Phi) is 10.3. The number of rotatable bonds is 9. The fourth-order valence-corrected chi connectivity index (χ4v) is 5.59. The molecule has 0 aromatic heterocycles. The molecule has 2 aliphatic carbocycles. The van der Waals surface area contributed by atoms with Crippen molar-refractivity contribution < 1.29 is 54.8 Å². The molecule has 0 aromatic carbocycles. The highest BCUT2D eigenvalue weighted by Crippen LogP contribution is 2.39. The second-order valence-electron chi connectivity index (χ2n) is 10.4. The number of aliphatic hydroxyl groups is 7. The zero-order valence-corrected chi connectivity index (χ0v) is 22.0. The summed E-state index contributed by atoms with van der Waals surface area (Å²) in [5, 5.41) is 77.2. The van der Waals surface area contributed by atoms with Crippen molar-refractivity contribution in [3.63, 3.8) is 0 Å². The van der Waals surface area contributed by atoms with Crippen LogP contribution < -0.4 is 28.3 Å². The topological polar surface area (TPSA) is 327 Å². The first kappa shape index (κ1) is 32.3. The summed E-state index contributed by atoms with van der Waals surface area (Å²) in [6.07, 6.45) is -14.7. The normalized spacial score (nSPS) is 47.4. The van der Waals surface area contributed by atoms with Gasteiger partial charge in [-0.1, -0.05) is 0 Å². The third-order valence-corrected chi connectivity index (χ3v) is 7.87. The van der Waals surface area contributed by atoms with E-state index in [4.69, 9.17) is 37.1 Å². The monoisotopic (exact) mass is 579 g/mol. The van der Waals surface area contributed by atoms with Gasteiger partial charge in [-0.25, -0.2) is 9.98 Å². The van der Waals surface area contributed by atoms with Crippen LogP contribution in [0.3, 0.4) is 0 Å². The Morgan fingerprint density at radius 2 is 1.57 bits per heavy atom. The van der Waals surface area contributed by atoms with Gasteiger partial charge in [0.25, 0.3) is 0 Å². The van der Waals surface area contributed by atoms with Gasteiger partial charge in [0.2, 0.25) is 0 Å². The van der Waals surface area contributed by atoms with E-state index < -0.39 is 109 Å². The molecular formula is C22H41N7O11. The molecule has 18 heteroatoms. The molecular weight excluding hydrogens is 538 g/mol. The molecule has 0 unspecified atom stereocenters. The number of nitrogens with zero attached hydrogens (tertiary/aromatic N) is 2. The Hall–Kier alpha value is -2.23. The quantitative estimate of drug-likeness (QED) is 0.0685. The van der Waals surface area contributed by atoms with E-state index in [2.05, 4.69) is 15.3 Å². The molecule has 40 heavy (non-hydrogen) atoms. The average Bonchev–Trinajstić information content (AvgIpc) is 3.13. The number of ether oxygens (including phenoxy) is 3. The van der Waals surface area contributed by atoms with Crippen LogP contribution in [0.25, 0.3) is 0 Å². The van der Waals surface area contributed by atoms with Gasteiger partial charge in [-0.2, -0.15) is 0 Å². The minimum atomic E-state index is -2.30. The summed E-state index contributed by atoms with van der Waals surface area (Å²) in [5.74, 6) is -1.79. The number of carbonyl (C=O) groups is 1. The van der Waals surface area contributed by atoms with Crippen LogP contribution in [0.4, 0.5) is 0 Å². The average molecular weight is 580 g/mol. The Balaban J connectivity index is 1.96. The van der Waals surface area contributed by atoms with Crippen molar-refractivity contribution in [2.45, 2.75) is 98.3 Å². The lowest BCUT2D eigenvalue weighted by molar-refractivity contribution is -0.258. The molecule has 230 valence electrons. The predicted molar refractivity (Wildman–Crippen MR) is 136 cm³/mol. The van der Waals surface area contributed by atoms with Gasteiger partial charge in [0.15, 0.2) is 30.1 Å². The van der Waals surface area contributed by atoms with Gasteiger partial charge in [0.1, 0.15) is 42.6 Å². The summed E-state index contributed by atoms with van der Waals surface area (Å²) in [5.41, 5.74) is 19.5. The van der Waals surface area contributed by atoms with Crippen LogP contribution >= 0.6 is 0 Å². The van der Waals surface area contributed by atoms with E-state index in [1.807, 2.05) is 0 Å².